The molecule has 0 saturated heterocycles. The average Bonchev–Trinajstić information content (AvgIpc) is 2.91. The van der Waals surface area contributed by atoms with Crippen LogP contribution in [-0.4, -0.2) is 24.6 Å². The summed E-state index contributed by atoms with van der Waals surface area (Å²) in [7, 11) is 1.49. The van der Waals surface area contributed by atoms with Crippen LogP contribution in [0.25, 0.3) is 0 Å². The average molecular weight is 259 g/mol. The highest BCUT2D eigenvalue weighted by molar-refractivity contribution is 5.91. The molecule has 0 aliphatic carbocycles. The lowest BCUT2D eigenvalue weighted by Crippen LogP contribution is -2.16. The van der Waals surface area contributed by atoms with E-state index in [2.05, 4.69) is 15.6 Å². The quantitative estimate of drug-likeness (QED) is 0.745. The predicted octanol–water partition coefficient (Wildman–Crippen LogP) is 2.21. The number of hydrogen-bond donors (Lipinski definition) is 3. The van der Waals surface area contributed by atoms with Crippen LogP contribution < -0.4 is 10.6 Å². The van der Waals surface area contributed by atoms with Crippen molar-refractivity contribution >= 4 is 17.3 Å². The monoisotopic (exact) mass is 259 g/mol. The molecule has 1 aromatic carbocycles. The van der Waals surface area contributed by atoms with Crippen LogP contribution in [0.2, 0.25) is 0 Å². The van der Waals surface area contributed by atoms with E-state index in [9.17, 15) is 4.79 Å². The first-order valence-corrected chi connectivity index (χ1v) is 6.02. The van der Waals surface area contributed by atoms with Gasteiger partial charge >= 0.3 is 0 Å². The van der Waals surface area contributed by atoms with Crippen LogP contribution in [0.3, 0.4) is 0 Å². The minimum atomic E-state index is -0.157. The zero-order valence-electron chi connectivity index (χ0n) is 10.8. The Kier molecular flexibility index (Phi) is 4.58. The number of carbonyl (C=O) groups is 1. The van der Waals surface area contributed by atoms with Gasteiger partial charge in [-0.15, -0.1) is 0 Å². The molecule has 2 rings (SSSR count). The summed E-state index contributed by atoms with van der Waals surface area (Å²) in [6, 6.07) is 9.58. The zero-order chi connectivity index (χ0) is 13.5. The fourth-order valence-electron chi connectivity index (χ4n) is 1.67. The Morgan fingerprint density at radius 3 is 2.58 bits per heavy atom. The Labute approximate surface area is 112 Å². The number of anilines is 2. The zero-order valence-corrected chi connectivity index (χ0v) is 10.8. The maximum atomic E-state index is 11.3. The first kappa shape index (κ1) is 13.2. The highest BCUT2D eigenvalue weighted by Crippen LogP contribution is 2.14. The van der Waals surface area contributed by atoms with E-state index in [1.807, 2.05) is 42.7 Å². The molecule has 1 amide bonds. The molecular weight excluding hydrogens is 242 g/mol. The van der Waals surface area contributed by atoms with Crippen molar-refractivity contribution in [2.45, 2.75) is 6.54 Å². The molecule has 100 valence electrons. The topological polar surface area (TPSA) is 66.2 Å². The van der Waals surface area contributed by atoms with Crippen molar-refractivity contribution in [3.8, 4) is 0 Å². The van der Waals surface area contributed by atoms with Crippen molar-refractivity contribution in [1.29, 1.82) is 0 Å². The van der Waals surface area contributed by atoms with Gasteiger partial charge in [0.2, 0.25) is 5.91 Å². The predicted molar refractivity (Wildman–Crippen MR) is 75.1 cm³/mol. The van der Waals surface area contributed by atoms with Crippen molar-refractivity contribution < 1.29 is 9.53 Å². The van der Waals surface area contributed by atoms with Crippen LogP contribution >= 0.6 is 0 Å². The maximum Gasteiger partial charge on any atom is 0.250 e. The van der Waals surface area contributed by atoms with Crippen LogP contribution in [-0.2, 0) is 16.1 Å². The summed E-state index contributed by atoms with van der Waals surface area (Å²) in [6.07, 6.45) is 3.85. The van der Waals surface area contributed by atoms with Gasteiger partial charge in [0.15, 0.2) is 0 Å². The summed E-state index contributed by atoms with van der Waals surface area (Å²) in [5, 5.41) is 6.04. The number of methoxy groups -OCH3 is 1. The van der Waals surface area contributed by atoms with Gasteiger partial charge in [0.1, 0.15) is 6.61 Å². The highest BCUT2D eigenvalue weighted by Gasteiger charge is 2.01. The lowest BCUT2D eigenvalue weighted by molar-refractivity contribution is -0.119. The normalized spacial score (nSPS) is 10.2. The van der Waals surface area contributed by atoms with Gasteiger partial charge in [-0.05, 0) is 35.9 Å². The number of rotatable bonds is 6. The Balaban J connectivity index is 1.85. The van der Waals surface area contributed by atoms with E-state index < -0.39 is 0 Å². The minimum Gasteiger partial charge on any atom is -0.381 e. The fraction of sp³-hybridized carbons (Fsp3) is 0.214. The molecule has 3 N–H and O–H groups in total. The molecule has 0 unspecified atom stereocenters. The van der Waals surface area contributed by atoms with Gasteiger partial charge in [-0.25, -0.2) is 0 Å². The van der Waals surface area contributed by atoms with E-state index in [1.54, 1.807) is 0 Å². The number of ether oxygens (including phenoxy) is 1. The van der Waals surface area contributed by atoms with E-state index in [1.165, 1.54) is 12.7 Å². The van der Waals surface area contributed by atoms with Gasteiger partial charge in [-0.3, -0.25) is 4.79 Å². The highest BCUT2D eigenvalue weighted by atomic mass is 16.5. The first-order valence-electron chi connectivity index (χ1n) is 6.02. The third-order valence-corrected chi connectivity index (χ3v) is 2.60. The summed E-state index contributed by atoms with van der Waals surface area (Å²) < 4.78 is 4.75. The summed E-state index contributed by atoms with van der Waals surface area (Å²) in [5.41, 5.74) is 2.96. The van der Waals surface area contributed by atoms with E-state index in [0.717, 1.165) is 17.9 Å². The third kappa shape index (κ3) is 4.15. The molecule has 19 heavy (non-hydrogen) atoms. The van der Waals surface area contributed by atoms with Gasteiger partial charge in [0, 0.05) is 37.4 Å². The number of nitrogens with one attached hydrogen (secondary N) is 3. The number of benzene rings is 1. The van der Waals surface area contributed by atoms with Crippen molar-refractivity contribution in [1.82, 2.24) is 4.98 Å². The maximum absolute atomic E-state index is 11.3. The van der Waals surface area contributed by atoms with Crippen LogP contribution in [0.15, 0.2) is 42.7 Å². The second-order valence-electron chi connectivity index (χ2n) is 4.13. The largest absolute Gasteiger partial charge is 0.381 e. The SMILES string of the molecule is COCC(=O)Nc1ccc(NCc2cc[nH]c2)cc1. The van der Waals surface area contributed by atoms with Crippen molar-refractivity contribution in [3.63, 3.8) is 0 Å². The first-order chi connectivity index (χ1) is 9.28. The summed E-state index contributed by atoms with van der Waals surface area (Å²) >= 11 is 0. The number of carbonyl (C=O) groups excluding carboxylic acids is 1. The third-order valence-electron chi connectivity index (χ3n) is 2.60. The Bertz CT molecular complexity index is 506. The molecule has 0 aliphatic rings. The Morgan fingerprint density at radius 2 is 1.95 bits per heavy atom. The number of H-pyrrole nitrogens is 1. The fourth-order valence-corrected chi connectivity index (χ4v) is 1.67. The summed E-state index contributed by atoms with van der Waals surface area (Å²) in [5.74, 6) is -0.157. The van der Waals surface area contributed by atoms with Gasteiger partial charge in [0.25, 0.3) is 0 Å². The van der Waals surface area contributed by atoms with E-state index >= 15 is 0 Å². The molecule has 0 atom stereocenters. The molecule has 0 spiro atoms. The van der Waals surface area contributed by atoms with Crippen LogP contribution in [0, 0.1) is 0 Å². The molecule has 1 aromatic heterocycles. The van der Waals surface area contributed by atoms with E-state index in [0.29, 0.717) is 0 Å². The van der Waals surface area contributed by atoms with E-state index in [4.69, 9.17) is 4.74 Å². The molecule has 1 heterocycles. The molecule has 0 aliphatic heterocycles. The van der Waals surface area contributed by atoms with Gasteiger partial charge in [-0.1, -0.05) is 0 Å². The van der Waals surface area contributed by atoms with E-state index in [-0.39, 0.29) is 12.5 Å². The molecular formula is C14H17N3O2. The van der Waals surface area contributed by atoms with Gasteiger partial charge < -0.3 is 20.4 Å². The number of hydrogen-bond acceptors (Lipinski definition) is 3. The lowest BCUT2D eigenvalue weighted by Gasteiger charge is -2.07. The van der Waals surface area contributed by atoms with Gasteiger partial charge in [-0.2, -0.15) is 0 Å². The van der Waals surface area contributed by atoms with Crippen LogP contribution in [0.1, 0.15) is 5.56 Å². The standard InChI is InChI=1S/C14H17N3O2/c1-19-10-14(18)17-13-4-2-12(3-5-13)16-9-11-6-7-15-8-11/h2-8,15-16H,9-10H2,1H3,(H,17,18). The lowest BCUT2D eigenvalue weighted by atomic mass is 10.2. The smallest absolute Gasteiger partial charge is 0.250 e. The Hall–Kier alpha value is -2.27. The minimum absolute atomic E-state index is 0.0630. The van der Waals surface area contributed by atoms with Crippen molar-refractivity contribution in [2.75, 3.05) is 24.4 Å². The molecule has 5 nitrogen and oxygen atoms in total. The van der Waals surface area contributed by atoms with Crippen molar-refractivity contribution in [3.05, 3.63) is 48.3 Å². The molecule has 0 radical (unpaired) electrons. The number of aromatic amines is 1. The number of amides is 1. The second-order valence-corrected chi connectivity index (χ2v) is 4.13. The van der Waals surface area contributed by atoms with Crippen LogP contribution in [0.5, 0.6) is 0 Å². The molecule has 0 fully saturated rings. The van der Waals surface area contributed by atoms with Crippen molar-refractivity contribution in [2.24, 2.45) is 0 Å². The summed E-state index contributed by atoms with van der Waals surface area (Å²) in [4.78, 5) is 14.3. The molecule has 2 aromatic rings. The second kappa shape index (κ2) is 6.61. The van der Waals surface area contributed by atoms with Gasteiger partial charge in [0.05, 0.1) is 0 Å². The summed E-state index contributed by atoms with van der Waals surface area (Å²) in [6.45, 7) is 0.826. The number of aromatic nitrogens is 1. The molecule has 0 saturated carbocycles. The Morgan fingerprint density at radius 1 is 1.21 bits per heavy atom. The molecule has 0 bridgehead atoms. The van der Waals surface area contributed by atoms with Crippen LogP contribution in [0.4, 0.5) is 11.4 Å². The molecule has 5 heteroatoms.